The second-order valence-electron chi connectivity index (χ2n) is 5.21. The monoisotopic (exact) mass is 329 g/mol. The predicted octanol–water partition coefficient (Wildman–Crippen LogP) is 4.16. The SMILES string of the molecule is CC(C)CN(c1nc2sccn2c1CBr)C(C)C. The lowest BCUT2D eigenvalue weighted by atomic mass is 10.1. The maximum Gasteiger partial charge on any atom is 0.195 e. The van der Waals surface area contributed by atoms with Gasteiger partial charge in [0.2, 0.25) is 0 Å². The first kappa shape index (κ1) is 13.9. The first-order chi connectivity index (χ1) is 8.54. The Bertz CT molecular complexity index is 515. The van der Waals surface area contributed by atoms with Gasteiger partial charge in [-0.3, -0.25) is 4.40 Å². The number of fused-ring (bicyclic) bond motifs is 1. The lowest BCUT2D eigenvalue weighted by Crippen LogP contribution is -2.35. The van der Waals surface area contributed by atoms with E-state index in [0.29, 0.717) is 12.0 Å². The summed E-state index contributed by atoms with van der Waals surface area (Å²) in [6.07, 6.45) is 2.10. The minimum atomic E-state index is 0.467. The van der Waals surface area contributed by atoms with Crippen LogP contribution < -0.4 is 4.90 Å². The fourth-order valence-corrected chi connectivity index (χ4v) is 3.36. The lowest BCUT2D eigenvalue weighted by molar-refractivity contribution is 0.566. The third-order valence-electron chi connectivity index (χ3n) is 2.92. The number of hydrogen-bond donors (Lipinski definition) is 0. The van der Waals surface area contributed by atoms with Gasteiger partial charge in [-0.25, -0.2) is 4.98 Å². The Labute approximate surface area is 121 Å². The van der Waals surface area contributed by atoms with Crippen LogP contribution in [-0.2, 0) is 5.33 Å². The number of halogens is 1. The van der Waals surface area contributed by atoms with Gasteiger partial charge in [0.1, 0.15) is 0 Å². The molecule has 0 spiro atoms. The van der Waals surface area contributed by atoms with Crippen LogP contribution in [0.5, 0.6) is 0 Å². The third-order valence-corrected chi connectivity index (χ3v) is 4.21. The Hall–Kier alpha value is -0.550. The number of anilines is 1. The molecule has 0 amide bonds. The average molecular weight is 330 g/mol. The summed E-state index contributed by atoms with van der Waals surface area (Å²) in [5, 5.41) is 2.92. The van der Waals surface area contributed by atoms with Gasteiger partial charge in [-0.05, 0) is 19.8 Å². The van der Waals surface area contributed by atoms with Crippen LogP contribution in [0.2, 0.25) is 0 Å². The topological polar surface area (TPSA) is 20.5 Å². The van der Waals surface area contributed by atoms with Crippen molar-refractivity contribution in [1.29, 1.82) is 0 Å². The van der Waals surface area contributed by atoms with Crippen molar-refractivity contribution in [2.45, 2.75) is 39.1 Å². The molecule has 5 heteroatoms. The minimum Gasteiger partial charge on any atom is -0.352 e. The highest BCUT2D eigenvalue weighted by Crippen LogP contribution is 2.28. The smallest absolute Gasteiger partial charge is 0.195 e. The van der Waals surface area contributed by atoms with E-state index >= 15 is 0 Å². The van der Waals surface area contributed by atoms with E-state index in [-0.39, 0.29) is 0 Å². The molecule has 0 atom stereocenters. The molecule has 0 aliphatic carbocycles. The van der Waals surface area contributed by atoms with Gasteiger partial charge in [0.15, 0.2) is 10.8 Å². The van der Waals surface area contributed by atoms with Crippen LogP contribution >= 0.6 is 27.3 Å². The molecule has 2 rings (SSSR count). The van der Waals surface area contributed by atoms with E-state index < -0.39 is 0 Å². The van der Waals surface area contributed by atoms with Crippen LogP contribution in [0, 0.1) is 5.92 Å². The van der Waals surface area contributed by atoms with Gasteiger partial charge in [-0.15, -0.1) is 11.3 Å². The number of imidazole rings is 1. The zero-order valence-electron chi connectivity index (χ0n) is 11.4. The van der Waals surface area contributed by atoms with E-state index in [4.69, 9.17) is 4.98 Å². The first-order valence-corrected chi connectivity index (χ1v) is 8.31. The summed E-state index contributed by atoms with van der Waals surface area (Å²) in [6, 6.07) is 0.467. The van der Waals surface area contributed by atoms with Crippen molar-refractivity contribution >= 4 is 38.0 Å². The summed E-state index contributed by atoms with van der Waals surface area (Å²) in [5.74, 6) is 1.76. The molecule has 0 fully saturated rings. The summed E-state index contributed by atoms with van der Waals surface area (Å²) < 4.78 is 2.18. The van der Waals surface area contributed by atoms with Crippen LogP contribution in [0.1, 0.15) is 33.4 Å². The average Bonchev–Trinajstić information content (AvgIpc) is 2.84. The molecule has 0 radical (unpaired) electrons. The summed E-state index contributed by atoms with van der Waals surface area (Å²) in [7, 11) is 0. The predicted molar refractivity (Wildman–Crippen MR) is 83.0 cm³/mol. The maximum atomic E-state index is 4.80. The number of alkyl halides is 1. The van der Waals surface area contributed by atoms with E-state index in [9.17, 15) is 0 Å². The molecule has 2 aromatic rings. The van der Waals surface area contributed by atoms with Crippen molar-refractivity contribution in [2.75, 3.05) is 11.4 Å². The number of rotatable bonds is 5. The second kappa shape index (κ2) is 5.61. The van der Waals surface area contributed by atoms with Crippen LogP contribution in [-0.4, -0.2) is 22.0 Å². The van der Waals surface area contributed by atoms with Gasteiger partial charge in [-0.1, -0.05) is 29.8 Å². The number of aromatic nitrogens is 2. The molecule has 0 aliphatic rings. The molecule has 3 nitrogen and oxygen atoms in total. The molecule has 0 bridgehead atoms. The van der Waals surface area contributed by atoms with Crippen molar-refractivity contribution in [3.63, 3.8) is 0 Å². The molecule has 0 saturated heterocycles. The Morgan fingerprint density at radius 1 is 1.39 bits per heavy atom. The summed E-state index contributed by atoms with van der Waals surface area (Å²) in [4.78, 5) is 8.28. The van der Waals surface area contributed by atoms with Crippen LogP contribution in [0.3, 0.4) is 0 Å². The van der Waals surface area contributed by atoms with Gasteiger partial charge < -0.3 is 4.90 Å². The van der Waals surface area contributed by atoms with E-state index in [1.165, 1.54) is 5.69 Å². The van der Waals surface area contributed by atoms with Crippen molar-refractivity contribution in [1.82, 2.24) is 9.38 Å². The Kier molecular flexibility index (Phi) is 4.33. The molecule has 0 N–H and O–H groups in total. The van der Waals surface area contributed by atoms with E-state index in [1.54, 1.807) is 11.3 Å². The van der Waals surface area contributed by atoms with Gasteiger partial charge in [0, 0.05) is 29.5 Å². The van der Waals surface area contributed by atoms with Crippen molar-refractivity contribution < 1.29 is 0 Å². The molecule has 0 unspecified atom stereocenters. The largest absolute Gasteiger partial charge is 0.352 e. The maximum absolute atomic E-state index is 4.80. The van der Waals surface area contributed by atoms with Gasteiger partial charge in [0.25, 0.3) is 0 Å². The van der Waals surface area contributed by atoms with Crippen LogP contribution in [0.25, 0.3) is 4.96 Å². The fraction of sp³-hybridized carbons (Fsp3) is 0.615. The molecule has 0 saturated carbocycles. The Morgan fingerprint density at radius 2 is 2.11 bits per heavy atom. The Balaban J connectivity index is 2.45. The standard InChI is InChI=1S/C13H20BrN3S/c1-9(2)8-17(10(3)4)12-11(7-14)16-5-6-18-13(16)15-12/h5-6,9-10H,7-8H2,1-4H3. The quantitative estimate of drug-likeness (QED) is 0.767. The van der Waals surface area contributed by atoms with Gasteiger partial charge in [-0.2, -0.15) is 0 Å². The third kappa shape index (κ3) is 2.57. The first-order valence-electron chi connectivity index (χ1n) is 6.31. The molecule has 0 aliphatic heterocycles. The molecule has 0 aromatic carbocycles. The molecule has 2 heterocycles. The highest BCUT2D eigenvalue weighted by molar-refractivity contribution is 9.08. The normalized spacial score (nSPS) is 11.9. The van der Waals surface area contributed by atoms with E-state index in [0.717, 1.165) is 22.7 Å². The fourth-order valence-electron chi connectivity index (χ4n) is 2.11. The molecular weight excluding hydrogens is 310 g/mol. The van der Waals surface area contributed by atoms with Crippen molar-refractivity contribution in [3.8, 4) is 0 Å². The Morgan fingerprint density at radius 3 is 2.67 bits per heavy atom. The highest BCUT2D eigenvalue weighted by Gasteiger charge is 2.21. The van der Waals surface area contributed by atoms with E-state index in [2.05, 4.69) is 64.5 Å². The summed E-state index contributed by atoms with van der Waals surface area (Å²) in [6.45, 7) is 10.0. The number of thiazole rings is 1. The zero-order valence-corrected chi connectivity index (χ0v) is 13.8. The zero-order chi connectivity index (χ0) is 13.3. The van der Waals surface area contributed by atoms with Gasteiger partial charge in [0.05, 0.1) is 5.69 Å². The molecule has 2 aromatic heterocycles. The molecular formula is C13H20BrN3S. The van der Waals surface area contributed by atoms with Crippen LogP contribution in [0.4, 0.5) is 5.82 Å². The van der Waals surface area contributed by atoms with E-state index in [1.807, 2.05) is 0 Å². The molecule has 18 heavy (non-hydrogen) atoms. The minimum absolute atomic E-state index is 0.467. The molecule has 100 valence electrons. The number of hydrogen-bond acceptors (Lipinski definition) is 3. The van der Waals surface area contributed by atoms with Gasteiger partial charge >= 0.3 is 0 Å². The second-order valence-corrected chi connectivity index (χ2v) is 6.65. The summed E-state index contributed by atoms with van der Waals surface area (Å²) >= 11 is 5.28. The van der Waals surface area contributed by atoms with Crippen LogP contribution in [0.15, 0.2) is 11.6 Å². The van der Waals surface area contributed by atoms with Crippen molar-refractivity contribution in [3.05, 3.63) is 17.3 Å². The lowest BCUT2D eigenvalue weighted by Gasteiger charge is -2.29. The summed E-state index contributed by atoms with van der Waals surface area (Å²) in [5.41, 5.74) is 1.25. The van der Waals surface area contributed by atoms with Crippen molar-refractivity contribution in [2.24, 2.45) is 5.92 Å². The highest BCUT2D eigenvalue weighted by atomic mass is 79.9. The number of nitrogens with zero attached hydrogens (tertiary/aromatic N) is 3.